The molecule has 3 heteroatoms. The SMILES string of the molecule is CC(=O)[C@@H]1CC[C@@H]2[C@H]3CCC4=CC(=O)CC[C@@]4(C)[C@@H]3[C@@H](O)C[C@@]21C. The van der Waals surface area contributed by atoms with Crippen LogP contribution in [-0.4, -0.2) is 22.8 Å². The highest BCUT2D eigenvalue weighted by molar-refractivity contribution is 5.91. The molecule has 0 aromatic carbocycles. The molecule has 7 atom stereocenters. The Morgan fingerprint density at radius 2 is 1.96 bits per heavy atom. The number of fused-ring (bicyclic) bond motifs is 5. The van der Waals surface area contributed by atoms with Gasteiger partial charge < -0.3 is 5.11 Å². The highest BCUT2D eigenvalue weighted by atomic mass is 16.3. The Labute approximate surface area is 144 Å². The third-order valence-electron chi connectivity index (χ3n) is 8.38. The van der Waals surface area contributed by atoms with E-state index in [1.54, 1.807) is 6.92 Å². The maximum atomic E-state index is 12.2. The van der Waals surface area contributed by atoms with Gasteiger partial charge in [-0.2, -0.15) is 0 Å². The largest absolute Gasteiger partial charge is 0.393 e. The molecule has 0 unspecified atom stereocenters. The van der Waals surface area contributed by atoms with E-state index < -0.39 is 0 Å². The zero-order chi connectivity index (χ0) is 17.3. The molecule has 24 heavy (non-hydrogen) atoms. The van der Waals surface area contributed by atoms with Gasteiger partial charge in [0.2, 0.25) is 0 Å². The number of aliphatic hydroxyl groups excluding tert-OH is 1. The lowest BCUT2D eigenvalue weighted by atomic mass is 9.46. The van der Waals surface area contributed by atoms with Crippen molar-refractivity contribution in [1.29, 1.82) is 0 Å². The topological polar surface area (TPSA) is 54.4 Å². The van der Waals surface area contributed by atoms with E-state index >= 15 is 0 Å². The van der Waals surface area contributed by atoms with Crippen LogP contribution in [0.4, 0.5) is 0 Å². The predicted octanol–water partition coefficient (Wildman–Crippen LogP) is 3.69. The quantitative estimate of drug-likeness (QED) is 0.797. The summed E-state index contributed by atoms with van der Waals surface area (Å²) in [5.74, 6) is 1.99. The molecule has 0 heterocycles. The summed E-state index contributed by atoms with van der Waals surface area (Å²) in [5.41, 5.74) is 1.23. The first-order chi connectivity index (χ1) is 11.3. The third kappa shape index (κ3) is 2.06. The van der Waals surface area contributed by atoms with Crippen LogP contribution in [0.5, 0.6) is 0 Å². The number of carbonyl (C=O) groups is 2. The zero-order valence-corrected chi connectivity index (χ0v) is 15.2. The minimum absolute atomic E-state index is 0.0219. The molecule has 4 aliphatic carbocycles. The Morgan fingerprint density at radius 3 is 2.67 bits per heavy atom. The van der Waals surface area contributed by atoms with E-state index in [0.29, 0.717) is 24.0 Å². The lowest BCUT2D eigenvalue weighted by Crippen LogP contribution is -2.56. The molecule has 0 aromatic rings. The van der Waals surface area contributed by atoms with E-state index in [0.717, 1.165) is 38.5 Å². The fourth-order valence-corrected chi connectivity index (χ4v) is 7.35. The molecule has 0 aliphatic heterocycles. The monoisotopic (exact) mass is 330 g/mol. The number of Topliss-reactive ketones (excluding diaryl/α,β-unsaturated/α-hetero) is 1. The van der Waals surface area contributed by atoms with Gasteiger partial charge >= 0.3 is 0 Å². The molecular formula is C21H30O3. The van der Waals surface area contributed by atoms with Gasteiger partial charge in [0.1, 0.15) is 5.78 Å². The van der Waals surface area contributed by atoms with Gasteiger partial charge in [-0.1, -0.05) is 19.4 Å². The minimum Gasteiger partial charge on any atom is -0.393 e. The second-order valence-corrected chi connectivity index (χ2v) is 9.41. The lowest BCUT2D eigenvalue weighted by molar-refractivity contribution is -0.143. The van der Waals surface area contributed by atoms with Crippen molar-refractivity contribution in [3.05, 3.63) is 11.6 Å². The summed E-state index contributed by atoms with van der Waals surface area (Å²) in [5, 5.41) is 11.2. The summed E-state index contributed by atoms with van der Waals surface area (Å²) in [6, 6.07) is 0. The van der Waals surface area contributed by atoms with Gasteiger partial charge in [-0.25, -0.2) is 0 Å². The van der Waals surface area contributed by atoms with E-state index in [9.17, 15) is 14.7 Å². The molecule has 0 saturated heterocycles. The molecule has 0 bridgehead atoms. The molecule has 4 aliphatic rings. The van der Waals surface area contributed by atoms with Crippen LogP contribution in [0.15, 0.2) is 11.6 Å². The number of rotatable bonds is 1. The molecule has 0 aromatic heterocycles. The third-order valence-corrected chi connectivity index (χ3v) is 8.38. The van der Waals surface area contributed by atoms with Crippen LogP contribution < -0.4 is 0 Å². The molecule has 1 N–H and O–H groups in total. The van der Waals surface area contributed by atoms with Crippen molar-refractivity contribution in [1.82, 2.24) is 0 Å². The van der Waals surface area contributed by atoms with Crippen LogP contribution in [0.1, 0.15) is 65.7 Å². The average molecular weight is 330 g/mol. The lowest BCUT2D eigenvalue weighted by Gasteiger charge is -2.59. The van der Waals surface area contributed by atoms with Crippen LogP contribution in [0.25, 0.3) is 0 Å². The van der Waals surface area contributed by atoms with E-state index in [1.807, 2.05) is 6.08 Å². The summed E-state index contributed by atoms with van der Waals surface area (Å²) in [4.78, 5) is 24.0. The molecular weight excluding hydrogens is 300 g/mol. The summed E-state index contributed by atoms with van der Waals surface area (Å²) >= 11 is 0. The molecule has 4 rings (SSSR count). The van der Waals surface area contributed by atoms with Crippen LogP contribution in [0, 0.1) is 34.5 Å². The highest BCUT2D eigenvalue weighted by Crippen LogP contribution is 2.66. The van der Waals surface area contributed by atoms with Crippen molar-refractivity contribution < 1.29 is 14.7 Å². The van der Waals surface area contributed by atoms with Crippen LogP contribution in [0.2, 0.25) is 0 Å². The van der Waals surface area contributed by atoms with Crippen LogP contribution in [0.3, 0.4) is 0 Å². The van der Waals surface area contributed by atoms with Crippen molar-refractivity contribution in [2.45, 2.75) is 71.8 Å². The number of ketones is 2. The predicted molar refractivity (Wildman–Crippen MR) is 92.3 cm³/mol. The van der Waals surface area contributed by atoms with Gasteiger partial charge in [0.25, 0.3) is 0 Å². The molecule has 0 radical (unpaired) electrons. The first-order valence-corrected chi connectivity index (χ1v) is 9.70. The maximum Gasteiger partial charge on any atom is 0.155 e. The second kappa shape index (κ2) is 5.27. The highest BCUT2D eigenvalue weighted by Gasteiger charge is 2.62. The van der Waals surface area contributed by atoms with Crippen molar-refractivity contribution in [2.24, 2.45) is 34.5 Å². The van der Waals surface area contributed by atoms with Crippen molar-refractivity contribution in [3.8, 4) is 0 Å². The van der Waals surface area contributed by atoms with Gasteiger partial charge in [-0.3, -0.25) is 9.59 Å². The summed E-state index contributed by atoms with van der Waals surface area (Å²) in [6.07, 6.45) is 7.97. The first kappa shape index (κ1) is 16.5. The van der Waals surface area contributed by atoms with Gasteiger partial charge in [0.15, 0.2) is 5.78 Å². The fourth-order valence-electron chi connectivity index (χ4n) is 7.35. The zero-order valence-electron chi connectivity index (χ0n) is 15.2. The van der Waals surface area contributed by atoms with Crippen LogP contribution >= 0.6 is 0 Å². The standard InChI is InChI=1S/C21H30O3/c1-12(22)16-6-7-17-15-5-4-13-10-14(23)8-9-20(13,2)19(15)18(24)11-21(16,17)3/h10,15-19,24H,4-9,11H2,1-3H3/t15-,16+,17-,18+,19+,20-,21-/m1/s1. The Morgan fingerprint density at radius 1 is 1.21 bits per heavy atom. The van der Waals surface area contributed by atoms with E-state index in [4.69, 9.17) is 0 Å². The number of allylic oxidation sites excluding steroid dienone is 1. The Bertz CT molecular complexity index is 621. The van der Waals surface area contributed by atoms with E-state index in [1.165, 1.54) is 5.57 Å². The maximum absolute atomic E-state index is 12.2. The van der Waals surface area contributed by atoms with Crippen molar-refractivity contribution in [2.75, 3.05) is 0 Å². The van der Waals surface area contributed by atoms with Gasteiger partial charge in [-0.05, 0) is 80.1 Å². The number of hydrogen-bond acceptors (Lipinski definition) is 3. The second-order valence-electron chi connectivity index (χ2n) is 9.41. The molecule has 132 valence electrons. The molecule has 0 spiro atoms. The number of hydrogen-bond donors (Lipinski definition) is 1. The summed E-state index contributed by atoms with van der Waals surface area (Å²) in [7, 11) is 0. The average Bonchev–Trinajstić information content (AvgIpc) is 2.84. The number of carbonyl (C=O) groups excluding carboxylic acids is 2. The Kier molecular flexibility index (Phi) is 3.62. The Balaban J connectivity index is 1.72. The summed E-state index contributed by atoms with van der Waals surface area (Å²) in [6.45, 7) is 6.27. The normalized spacial score (nSPS) is 50.6. The summed E-state index contributed by atoms with van der Waals surface area (Å²) < 4.78 is 0. The smallest absolute Gasteiger partial charge is 0.155 e. The van der Waals surface area contributed by atoms with Gasteiger partial charge in [0.05, 0.1) is 6.10 Å². The first-order valence-electron chi connectivity index (χ1n) is 9.70. The molecule has 0 amide bonds. The Hall–Kier alpha value is -0.960. The number of aliphatic hydroxyl groups is 1. The van der Waals surface area contributed by atoms with E-state index in [-0.39, 0.29) is 34.6 Å². The van der Waals surface area contributed by atoms with Crippen molar-refractivity contribution >= 4 is 11.6 Å². The molecule has 3 nitrogen and oxygen atoms in total. The van der Waals surface area contributed by atoms with Crippen LogP contribution in [-0.2, 0) is 9.59 Å². The minimum atomic E-state index is -0.349. The fraction of sp³-hybridized carbons (Fsp3) is 0.810. The molecule has 3 fully saturated rings. The van der Waals surface area contributed by atoms with E-state index in [2.05, 4.69) is 13.8 Å². The molecule has 3 saturated carbocycles. The van der Waals surface area contributed by atoms with Gasteiger partial charge in [0, 0.05) is 12.3 Å². The van der Waals surface area contributed by atoms with Crippen molar-refractivity contribution in [3.63, 3.8) is 0 Å². The van der Waals surface area contributed by atoms with Gasteiger partial charge in [-0.15, -0.1) is 0 Å².